The van der Waals surface area contributed by atoms with Gasteiger partial charge in [-0.05, 0) is 41.7 Å². The molecule has 5 heteroatoms. The Bertz CT molecular complexity index is 525. The predicted octanol–water partition coefficient (Wildman–Crippen LogP) is 6.31. The van der Waals surface area contributed by atoms with Crippen LogP contribution >= 0.6 is 22.6 Å². The zero-order valence-electron chi connectivity index (χ0n) is 17.8. The van der Waals surface area contributed by atoms with E-state index >= 15 is 0 Å². The first kappa shape index (κ1) is 23.9. The van der Waals surface area contributed by atoms with Gasteiger partial charge >= 0.3 is 0 Å². The summed E-state index contributed by atoms with van der Waals surface area (Å²) in [5, 5.41) is 0.222. The molecule has 0 saturated heterocycles. The lowest BCUT2D eigenvalue weighted by Gasteiger charge is -2.42. The fourth-order valence-electron chi connectivity index (χ4n) is 2.58. The van der Waals surface area contributed by atoms with Crippen molar-refractivity contribution < 1.29 is 13.9 Å². The highest BCUT2D eigenvalue weighted by molar-refractivity contribution is 14.1. The van der Waals surface area contributed by atoms with E-state index in [4.69, 9.17) is 13.9 Å². The normalized spacial score (nSPS) is 16.2. The van der Waals surface area contributed by atoms with E-state index in [9.17, 15) is 0 Å². The van der Waals surface area contributed by atoms with Crippen LogP contribution < -0.4 is 4.74 Å². The first-order valence-corrected chi connectivity index (χ1v) is 13.9. The average molecular weight is 493 g/mol. The van der Waals surface area contributed by atoms with Crippen molar-refractivity contribution in [2.24, 2.45) is 11.8 Å². The molecular weight excluding hydrogens is 455 g/mol. The summed E-state index contributed by atoms with van der Waals surface area (Å²) in [6, 6.07) is 8.06. The van der Waals surface area contributed by atoms with E-state index in [-0.39, 0.29) is 11.1 Å². The second-order valence-electron chi connectivity index (χ2n) is 8.81. The second kappa shape index (κ2) is 10.4. The molecule has 3 nitrogen and oxygen atoms in total. The van der Waals surface area contributed by atoms with Crippen LogP contribution in [0.3, 0.4) is 0 Å². The molecule has 0 aromatic heterocycles. The molecule has 26 heavy (non-hydrogen) atoms. The standard InChI is InChI=1S/C21H37IO3Si/c1-16(13-22)20(25-26(7,8)21(3,4)5)17(2)14-24-15-18-9-11-19(23-6)12-10-18/h9-12,16-17,20H,13-15H2,1-8H3/t16-,17+,20-/m1/s1. The van der Waals surface area contributed by atoms with Crippen LogP contribution in [0.5, 0.6) is 5.75 Å². The third-order valence-electron chi connectivity index (χ3n) is 5.41. The number of benzene rings is 1. The van der Waals surface area contributed by atoms with Gasteiger partial charge in [0.1, 0.15) is 5.75 Å². The highest BCUT2D eigenvalue weighted by atomic mass is 127. The molecule has 1 rings (SSSR count). The molecule has 0 bridgehead atoms. The van der Waals surface area contributed by atoms with E-state index in [0.717, 1.165) is 10.2 Å². The fourth-order valence-corrected chi connectivity index (χ4v) is 4.58. The van der Waals surface area contributed by atoms with Crippen molar-refractivity contribution in [3.8, 4) is 5.75 Å². The summed E-state index contributed by atoms with van der Waals surface area (Å²) >= 11 is 2.47. The summed E-state index contributed by atoms with van der Waals surface area (Å²) in [5.41, 5.74) is 1.17. The minimum atomic E-state index is -1.80. The van der Waals surface area contributed by atoms with E-state index in [2.05, 4.69) is 82.4 Å². The van der Waals surface area contributed by atoms with Crippen molar-refractivity contribution in [2.75, 3.05) is 18.1 Å². The Morgan fingerprint density at radius 3 is 2.08 bits per heavy atom. The Morgan fingerprint density at radius 1 is 1.04 bits per heavy atom. The minimum absolute atomic E-state index is 0.222. The summed E-state index contributed by atoms with van der Waals surface area (Å²) in [5.74, 6) is 1.76. The van der Waals surface area contributed by atoms with Gasteiger partial charge < -0.3 is 13.9 Å². The summed E-state index contributed by atoms with van der Waals surface area (Å²) < 4.78 is 19.1. The molecule has 0 fully saturated rings. The maximum absolute atomic E-state index is 6.79. The smallest absolute Gasteiger partial charge is 0.192 e. The molecular formula is C21H37IO3Si. The quantitative estimate of drug-likeness (QED) is 0.218. The van der Waals surface area contributed by atoms with Gasteiger partial charge in [-0.2, -0.15) is 0 Å². The van der Waals surface area contributed by atoms with Crippen LogP contribution in [0.2, 0.25) is 18.1 Å². The summed E-state index contributed by atoms with van der Waals surface area (Å²) in [6.45, 7) is 17.5. The maximum Gasteiger partial charge on any atom is 0.192 e. The maximum atomic E-state index is 6.79. The first-order valence-electron chi connectivity index (χ1n) is 9.46. The van der Waals surface area contributed by atoms with E-state index in [1.165, 1.54) is 5.56 Å². The van der Waals surface area contributed by atoms with Crippen LogP contribution in [-0.2, 0) is 15.8 Å². The minimum Gasteiger partial charge on any atom is -0.497 e. The molecule has 3 atom stereocenters. The number of ether oxygens (including phenoxy) is 2. The van der Waals surface area contributed by atoms with Gasteiger partial charge in [-0.15, -0.1) is 0 Å². The molecule has 1 aromatic carbocycles. The average Bonchev–Trinajstić information content (AvgIpc) is 2.58. The molecule has 0 aliphatic heterocycles. The lowest BCUT2D eigenvalue weighted by atomic mass is 9.96. The number of rotatable bonds is 10. The molecule has 0 aliphatic rings. The van der Waals surface area contributed by atoms with Crippen molar-refractivity contribution in [1.82, 2.24) is 0 Å². The fraction of sp³-hybridized carbons (Fsp3) is 0.714. The van der Waals surface area contributed by atoms with Gasteiger partial charge in [0, 0.05) is 10.3 Å². The molecule has 0 heterocycles. The third-order valence-corrected chi connectivity index (χ3v) is 11.3. The van der Waals surface area contributed by atoms with Gasteiger partial charge in [0.25, 0.3) is 0 Å². The molecule has 0 radical (unpaired) electrons. The number of halogens is 1. The number of methoxy groups -OCH3 is 1. The van der Waals surface area contributed by atoms with Crippen molar-refractivity contribution in [3.63, 3.8) is 0 Å². The molecule has 0 amide bonds. The van der Waals surface area contributed by atoms with E-state index in [1.54, 1.807) is 7.11 Å². The molecule has 0 aliphatic carbocycles. The van der Waals surface area contributed by atoms with Crippen LogP contribution in [-0.4, -0.2) is 32.6 Å². The van der Waals surface area contributed by atoms with Gasteiger partial charge in [0.2, 0.25) is 0 Å². The zero-order chi connectivity index (χ0) is 20.0. The zero-order valence-corrected chi connectivity index (χ0v) is 20.9. The van der Waals surface area contributed by atoms with Crippen molar-refractivity contribution in [1.29, 1.82) is 0 Å². The van der Waals surface area contributed by atoms with Crippen LogP contribution in [0.4, 0.5) is 0 Å². The van der Waals surface area contributed by atoms with Crippen molar-refractivity contribution in [2.45, 2.75) is 65.5 Å². The van der Waals surface area contributed by atoms with Crippen LogP contribution in [0.1, 0.15) is 40.2 Å². The van der Waals surface area contributed by atoms with Crippen LogP contribution in [0.15, 0.2) is 24.3 Å². The van der Waals surface area contributed by atoms with E-state index in [1.807, 2.05) is 12.1 Å². The Labute approximate surface area is 175 Å². The van der Waals surface area contributed by atoms with Crippen LogP contribution in [0.25, 0.3) is 0 Å². The Morgan fingerprint density at radius 2 is 1.62 bits per heavy atom. The van der Waals surface area contributed by atoms with Gasteiger partial charge in [-0.1, -0.05) is 69.3 Å². The van der Waals surface area contributed by atoms with Gasteiger partial charge in [0.15, 0.2) is 8.32 Å². The third kappa shape index (κ3) is 7.13. The van der Waals surface area contributed by atoms with Crippen LogP contribution in [0, 0.1) is 11.8 Å². The highest BCUT2D eigenvalue weighted by Crippen LogP contribution is 2.39. The SMILES string of the molecule is COc1ccc(COC[C@H](C)[C@H](O[Si](C)(C)C(C)(C)C)[C@H](C)CI)cc1. The van der Waals surface area contributed by atoms with E-state index in [0.29, 0.717) is 25.0 Å². The Balaban J connectivity index is 2.66. The molecule has 150 valence electrons. The monoisotopic (exact) mass is 492 g/mol. The molecule has 0 unspecified atom stereocenters. The topological polar surface area (TPSA) is 27.7 Å². The van der Waals surface area contributed by atoms with Crippen molar-refractivity contribution >= 4 is 30.9 Å². The highest BCUT2D eigenvalue weighted by Gasteiger charge is 2.41. The summed E-state index contributed by atoms with van der Waals surface area (Å²) in [7, 11) is -0.112. The number of hydrogen-bond acceptors (Lipinski definition) is 3. The first-order chi connectivity index (χ1) is 12.0. The molecule has 0 spiro atoms. The summed E-state index contributed by atoms with van der Waals surface area (Å²) in [4.78, 5) is 0. The van der Waals surface area contributed by atoms with E-state index < -0.39 is 8.32 Å². The molecule has 0 saturated carbocycles. The molecule has 0 N–H and O–H groups in total. The second-order valence-corrected chi connectivity index (χ2v) is 14.5. The predicted molar refractivity (Wildman–Crippen MR) is 122 cm³/mol. The Hall–Kier alpha value is -0.113. The van der Waals surface area contributed by atoms with Gasteiger partial charge in [-0.3, -0.25) is 0 Å². The number of hydrogen-bond donors (Lipinski definition) is 0. The number of alkyl halides is 1. The summed E-state index contributed by atoms with van der Waals surface area (Å²) in [6.07, 6.45) is 0.239. The Kier molecular flexibility index (Phi) is 9.60. The lowest BCUT2D eigenvalue weighted by Crippen LogP contribution is -2.48. The van der Waals surface area contributed by atoms with Crippen molar-refractivity contribution in [3.05, 3.63) is 29.8 Å². The largest absolute Gasteiger partial charge is 0.497 e. The van der Waals surface area contributed by atoms with Gasteiger partial charge in [-0.25, -0.2) is 0 Å². The molecule has 1 aromatic rings. The lowest BCUT2D eigenvalue weighted by molar-refractivity contribution is 0.0158. The van der Waals surface area contributed by atoms with Gasteiger partial charge in [0.05, 0.1) is 26.4 Å².